The molecule has 1 amide bonds. The Morgan fingerprint density at radius 3 is 2.62 bits per heavy atom. The van der Waals surface area contributed by atoms with E-state index in [0.29, 0.717) is 22.7 Å². The number of carbonyl (C=O) groups excluding carboxylic acids is 1. The van der Waals surface area contributed by atoms with Crippen LogP contribution in [0, 0.1) is 5.92 Å². The second-order valence-corrected chi connectivity index (χ2v) is 6.62. The van der Waals surface area contributed by atoms with Crippen LogP contribution in [0.4, 0.5) is 11.4 Å². The van der Waals surface area contributed by atoms with Gasteiger partial charge in [-0.3, -0.25) is 9.78 Å². The topological polar surface area (TPSA) is 63.7 Å². The van der Waals surface area contributed by atoms with Crippen molar-refractivity contribution in [2.24, 2.45) is 5.92 Å². The van der Waals surface area contributed by atoms with Crippen LogP contribution >= 0.6 is 0 Å². The molecular formula is C20H25N3O3. The van der Waals surface area contributed by atoms with E-state index >= 15 is 0 Å². The molecule has 1 aliphatic heterocycles. The van der Waals surface area contributed by atoms with Crippen LogP contribution in [0.25, 0.3) is 0 Å². The van der Waals surface area contributed by atoms with Gasteiger partial charge in [0.15, 0.2) is 0 Å². The normalized spacial score (nSPS) is 14.8. The van der Waals surface area contributed by atoms with Crippen molar-refractivity contribution in [1.29, 1.82) is 0 Å². The van der Waals surface area contributed by atoms with E-state index in [0.717, 1.165) is 24.7 Å². The minimum atomic E-state index is -0.215. The van der Waals surface area contributed by atoms with Crippen LogP contribution in [-0.4, -0.2) is 38.2 Å². The van der Waals surface area contributed by atoms with Gasteiger partial charge in [-0.25, -0.2) is 0 Å². The molecular weight excluding hydrogens is 330 g/mol. The largest absolute Gasteiger partial charge is 0.497 e. The number of nitrogens with zero attached hydrogens (tertiary/aromatic N) is 2. The smallest absolute Gasteiger partial charge is 0.257 e. The fourth-order valence-electron chi connectivity index (χ4n) is 3.09. The number of piperidine rings is 1. The molecule has 0 unspecified atom stereocenters. The lowest BCUT2D eigenvalue weighted by molar-refractivity contribution is 0.102. The number of anilines is 2. The Balaban J connectivity index is 1.75. The maximum absolute atomic E-state index is 12.7. The highest BCUT2D eigenvalue weighted by molar-refractivity contribution is 6.05. The van der Waals surface area contributed by atoms with Gasteiger partial charge in [0.05, 0.1) is 37.4 Å². The summed E-state index contributed by atoms with van der Waals surface area (Å²) >= 11 is 0. The number of ether oxygens (including phenoxy) is 2. The molecule has 6 heteroatoms. The fourth-order valence-corrected chi connectivity index (χ4v) is 3.09. The Hall–Kier alpha value is -2.76. The van der Waals surface area contributed by atoms with Gasteiger partial charge in [0.25, 0.3) is 5.91 Å². The number of aromatic nitrogens is 1. The average molecular weight is 355 g/mol. The van der Waals surface area contributed by atoms with Crippen LogP contribution in [0.3, 0.4) is 0 Å². The first-order valence-electron chi connectivity index (χ1n) is 8.84. The van der Waals surface area contributed by atoms with E-state index in [-0.39, 0.29) is 5.91 Å². The van der Waals surface area contributed by atoms with Crippen molar-refractivity contribution in [3.05, 3.63) is 42.2 Å². The zero-order valence-electron chi connectivity index (χ0n) is 15.5. The van der Waals surface area contributed by atoms with Gasteiger partial charge >= 0.3 is 0 Å². The molecule has 2 heterocycles. The molecule has 2 aromatic rings. The summed E-state index contributed by atoms with van der Waals surface area (Å²) in [6.45, 7) is 4.28. The highest BCUT2D eigenvalue weighted by Crippen LogP contribution is 2.29. The molecule has 6 nitrogen and oxygen atoms in total. The highest BCUT2D eigenvalue weighted by atomic mass is 16.5. The Bertz CT molecular complexity index is 771. The summed E-state index contributed by atoms with van der Waals surface area (Å²) in [6.07, 6.45) is 5.74. The lowest BCUT2D eigenvalue weighted by Gasteiger charge is -2.32. The first-order valence-corrected chi connectivity index (χ1v) is 8.84. The van der Waals surface area contributed by atoms with Crippen LogP contribution in [0.2, 0.25) is 0 Å². The zero-order chi connectivity index (χ0) is 18.5. The van der Waals surface area contributed by atoms with Gasteiger partial charge in [0.1, 0.15) is 11.5 Å². The third-order valence-corrected chi connectivity index (χ3v) is 4.79. The van der Waals surface area contributed by atoms with Crippen LogP contribution in [0.15, 0.2) is 36.7 Å². The molecule has 0 saturated carbocycles. The monoisotopic (exact) mass is 355 g/mol. The molecule has 1 aromatic heterocycles. The molecule has 26 heavy (non-hydrogen) atoms. The Morgan fingerprint density at radius 2 is 1.92 bits per heavy atom. The predicted octanol–water partition coefficient (Wildman–Crippen LogP) is 3.59. The van der Waals surface area contributed by atoms with E-state index in [1.54, 1.807) is 38.6 Å². The van der Waals surface area contributed by atoms with Crippen LogP contribution < -0.4 is 19.7 Å². The average Bonchev–Trinajstić information content (AvgIpc) is 2.69. The molecule has 1 saturated heterocycles. The standard InChI is InChI=1S/C20H25N3O3/c1-14-6-8-23(9-7-14)16-10-15(12-21-13-16)20(24)22-18-5-4-17(25-2)11-19(18)26-3/h4-5,10-14H,6-9H2,1-3H3,(H,22,24). The number of hydrogen-bond donors (Lipinski definition) is 1. The molecule has 3 rings (SSSR count). The minimum absolute atomic E-state index is 0.215. The number of methoxy groups -OCH3 is 2. The summed E-state index contributed by atoms with van der Waals surface area (Å²) in [6, 6.07) is 7.17. The van der Waals surface area contributed by atoms with Crippen molar-refractivity contribution in [1.82, 2.24) is 4.98 Å². The Labute approximate surface area is 154 Å². The predicted molar refractivity (Wildman–Crippen MR) is 102 cm³/mol. The highest BCUT2D eigenvalue weighted by Gasteiger charge is 2.18. The molecule has 0 bridgehead atoms. The lowest BCUT2D eigenvalue weighted by Crippen LogP contribution is -2.33. The SMILES string of the molecule is COc1ccc(NC(=O)c2cncc(N3CCC(C)CC3)c2)c(OC)c1. The molecule has 1 fully saturated rings. The van der Waals surface area contributed by atoms with Crippen molar-refractivity contribution in [2.75, 3.05) is 37.5 Å². The van der Waals surface area contributed by atoms with Gasteiger partial charge in [0, 0.05) is 25.4 Å². The van der Waals surface area contributed by atoms with E-state index < -0.39 is 0 Å². The van der Waals surface area contributed by atoms with Gasteiger partial charge in [-0.2, -0.15) is 0 Å². The molecule has 0 radical (unpaired) electrons. The number of benzene rings is 1. The van der Waals surface area contributed by atoms with Crippen molar-refractivity contribution in [2.45, 2.75) is 19.8 Å². The molecule has 0 aliphatic carbocycles. The molecule has 1 aliphatic rings. The first kappa shape index (κ1) is 18.0. The van der Waals surface area contributed by atoms with Gasteiger partial charge < -0.3 is 19.7 Å². The molecule has 138 valence electrons. The van der Waals surface area contributed by atoms with Gasteiger partial charge in [-0.15, -0.1) is 0 Å². The van der Waals surface area contributed by atoms with E-state index in [1.165, 1.54) is 12.8 Å². The van der Waals surface area contributed by atoms with Gasteiger partial charge in [0.2, 0.25) is 0 Å². The van der Waals surface area contributed by atoms with E-state index in [1.807, 2.05) is 12.3 Å². The molecule has 0 atom stereocenters. The first-order chi connectivity index (χ1) is 12.6. The van der Waals surface area contributed by atoms with Gasteiger partial charge in [-0.1, -0.05) is 6.92 Å². The second kappa shape index (κ2) is 8.08. The Morgan fingerprint density at radius 1 is 1.15 bits per heavy atom. The number of hydrogen-bond acceptors (Lipinski definition) is 5. The van der Waals surface area contributed by atoms with Crippen LogP contribution in [0.1, 0.15) is 30.1 Å². The van der Waals surface area contributed by atoms with Crippen molar-refractivity contribution in [3.8, 4) is 11.5 Å². The van der Waals surface area contributed by atoms with Crippen molar-refractivity contribution in [3.63, 3.8) is 0 Å². The van der Waals surface area contributed by atoms with Crippen LogP contribution in [0.5, 0.6) is 11.5 Å². The Kier molecular flexibility index (Phi) is 5.61. The zero-order valence-corrected chi connectivity index (χ0v) is 15.5. The molecule has 0 spiro atoms. The second-order valence-electron chi connectivity index (χ2n) is 6.62. The quantitative estimate of drug-likeness (QED) is 0.888. The summed E-state index contributed by atoms with van der Waals surface area (Å²) < 4.78 is 10.5. The van der Waals surface area contributed by atoms with Gasteiger partial charge in [-0.05, 0) is 37.0 Å². The molecule has 1 aromatic carbocycles. The fraction of sp³-hybridized carbons (Fsp3) is 0.400. The summed E-state index contributed by atoms with van der Waals surface area (Å²) in [4.78, 5) is 19.2. The van der Waals surface area contributed by atoms with E-state index in [4.69, 9.17) is 9.47 Å². The third kappa shape index (κ3) is 4.07. The van der Waals surface area contributed by atoms with Crippen molar-refractivity contribution >= 4 is 17.3 Å². The number of amides is 1. The van der Waals surface area contributed by atoms with Crippen molar-refractivity contribution < 1.29 is 14.3 Å². The summed E-state index contributed by atoms with van der Waals surface area (Å²) in [5.74, 6) is 1.76. The third-order valence-electron chi connectivity index (χ3n) is 4.79. The lowest BCUT2D eigenvalue weighted by atomic mass is 9.99. The number of rotatable bonds is 5. The molecule has 1 N–H and O–H groups in total. The van der Waals surface area contributed by atoms with Crippen LogP contribution in [-0.2, 0) is 0 Å². The minimum Gasteiger partial charge on any atom is -0.497 e. The maximum Gasteiger partial charge on any atom is 0.257 e. The number of nitrogens with one attached hydrogen (secondary N) is 1. The van der Waals surface area contributed by atoms with E-state index in [9.17, 15) is 4.79 Å². The maximum atomic E-state index is 12.7. The van der Waals surface area contributed by atoms with E-state index in [2.05, 4.69) is 22.1 Å². The summed E-state index contributed by atoms with van der Waals surface area (Å²) in [5.41, 5.74) is 2.11. The summed E-state index contributed by atoms with van der Waals surface area (Å²) in [5, 5.41) is 2.89. The summed E-state index contributed by atoms with van der Waals surface area (Å²) in [7, 11) is 3.15. The number of carbonyl (C=O) groups is 1. The number of pyridine rings is 1.